The molecule has 0 amide bonds. The summed E-state index contributed by atoms with van der Waals surface area (Å²) < 4.78 is 7.35. The minimum atomic E-state index is -1.14. The SMILES string of the molecule is Cc1ccc(C2=Nn3c(COc4ccc(Cl)cc4)nnc3SC2CC(=O)[O-])cc1. The first-order valence-electron chi connectivity index (χ1n) is 8.84. The average molecular weight is 428 g/mol. The summed E-state index contributed by atoms with van der Waals surface area (Å²) in [4.78, 5) is 11.2. The van der Waals surface area contributed by atoms with E-state index in [1.165, 1.54) is 11.8 Å². The van der Waals surface area contributed by atoms with Crippen LogP contribution in [0.3, 0.4) is 0 Å². The maximum atomic E-state index is 11.2. The largest absolute Gasteiger partial charge is 0.550 e. The molecule has 0 radical (unpaired) electrons. The Kier molecular flexibility index (Phi) is 5.55. The van der Waals surface area contributed by atoms with Gasteiger partial charge in [0, 0.05) is 17.4 Å². The van der Waals surface area contributed by atoms with Gasteiger partial charge in [0.15, 0.2) is 5.82 Å². The van der Waals surface area contributed by atoms with E-state index in [1.54, 1.807) is 28.9 Å². The third-order valence-corrected chi connectivity index (χ3v) is 5.71. The molecule has 148 valence electrons. The number of aromatic nitrogens is 3. The van der Waals surface area contributed by atoms with Gasteiger partial charge in [0.2, 0.25) is 5.16 Å². The van der Waals surface area contributed by atoms with Gasteiger partial charge in [-0.05, 0) is 36.8 Å². The van der Waals surface area contributed by atoms with Crippen molar-refractivity contribution in [3.8, 4) is 5.75 Å². The number of ether oxygens (including phenoxy) is 1. The molecule has 1 aliphatic rings. The maximum absolute atomic E-state index is 11.2. The Labute approximate surface area is 176 Å². The topological polar surface area (TPSA) is 92.4 Å². The monoisotopic (exact) mass is 427 g/mol. The maximum Gasteiger partial charge on any atom is 0.212 e. The fourth-order valence-corrected chi connectivity index (χ4v) is 4.08. The molecule has 4 rings (SSSR count). The lowest BCUT2D eigenvalue weighted by Crippen LogP contribution is -2.33. The first kappa shape index (κ1) is 19.5. The molecule has 0 fully saturated rings. The molecule has 2 aromatic carbocycles. The zero-order chi connectivity index (χ0) is 20.4. The molecule has 1 atom stereocenters. The predicted molar refractivity (Wildman–Crippen MR) is 108 cm³/mol. The van der Waals surface area contributed by atoms with Gasteiger partial charge in [-0.1, -0.05) is 53.2 Å². The summed E-state index contributed by atoms with van der Waals surface area (Å²) in [6, 6.07) is 14.8. The Bertz CT molecular complexity index is 1060. The van der Waals surface area contributed by atoms with Crippen LogP contribution in [0, 0.1) is 6.92 Å². The number of hydrogen-bond donors (Lipinski definition) is 0. The molecule has 9 heteroatoms. The van der Waals surface area contributed by atoms with Gasteiger partial charge in [0.25, 0.3) is 0 Å². The predicted octanol–water partition coefficient (Wildman–Crippen LogP) is 2.69. The van der Waals surface area contributed by atoms with E-state index in [-0.39, 0.29) is 13.0 Å². The number of aryl methyl sites for hydroxylation is 1. The first-order valence-corrected chi connectivity index (χ1v) is 10.1. The average Bonchev–Trinajstić information content (AvgIpc) is 3.09. The van der Waals surface area contributed by atoms with Crippen molar-refractivity contribution >= 4 is 35.0 Å². The molecule has 0 spiro atoms. The van der Waals surface area contributed by atoms with E-state index in [4.69, 9.17) is 16.3 Å². The van der Waals surface area contributed by atoms with E-state index < -0.39 is 11.2 Å². The highest BCUT2D eigenvalue weighted by atomic mass is 35.5. The number of carboxylic acid groups (broad SMARTS) is 1. The second-order valence-corrected chi connectivity index (χ2v) is 8.09. The summed E-state index contributed by atoms with van der Waals surface area (Å²) in [7, 11) is 0. The number of aliphatic carboxylic acids is 1. The van der Waals surface area contributed by atoms with Crippen LogP contribution in [0.15, 0.2) is 58.8 Å². The summed E-state index contributed by atoms with van der Waals surface area (Å²) >= 11 is 7.19. The van der Waals surface area contributed by atoms with Crippen LogP contribution < -0.4 is 9.84 Å². The van der Waals surface area contributed by atoms with Gasteiger partial charge in [-0.2, -0.15) is 9.78 Å². The Morgan fingerprint density at radius 1 is 1.17 bits per heavy atom. The van der Waals surface area contributed by atoms with Gasteiger partial charge in [-0.25, -0.2) is 0 Å². The molecule has 0 aliphatic carbocycles. The minimum absolute atomic E-state index is 0.158. The molecule has 0 saturated carbocycles. The summed E-state index contributed by atoms with van der Waals surface area (Å²) in [5.74, 6) is 0.0216. The van der Waals surface area contributed by atoms with Crippen LogP contribution in [-0.4, -0.2) is 31.8 Å². The van der Waals surface area contributed by atoms with Gasteiger partial charge < -0.3 is 14.6 Å². The standard InChI is InChI=1S/C20H17ClN4O3S/c1-12-2-4-13(5-3-12)19-16(10-18(26)27)29-20-23-22-17(25(20)24-19)11-28-15-8-6-14(21)7-9-15/h2-9,16H,10-11H2,1H3,(H,26,27)/p-1. The van der Waals surface area contributed by atoms with E-state index >= 15 is 0 Å². The van der Waals surface area contributed by atoms with Crippen LogP contribution in [0.1, 0.15) is 23.4 Å². The molecule has 1 aliphatic heterocycles. The highest BCUT2D eigenvalue weighted by molar-refractivity contribution is 8.00. The number of carboxylic acids is 1. The summed E-state index contributed by atoms with van der Waals surface area (Å²) in [5.41, 5.74) is 2.59. The first-order chi connectivity index (χ1) is 14.0. The third kappa shape index (κ3) is 4.44. The number of fused-ring (bicyclic) bond motifs is 1. The van der Waals surface area contributed by atoms with Crippen LogP contribution in [0.2, 0.25) is 5.02 Å². The van der Waals surface area contributed by atoms with E-state index in [0.717, 1.165) is 11.1 Å². The number of benzene rings is 2. The molecule has 1 unspecified atom stereocenters. The number of rotatable bonds is 6. The second kappa shape index (κ2) is 8.26. The Balaban J connectivity index is 1.63. The van der Waals surface area contributed by atoms with Crippen molar-refractivity contribution in [3.05, 3.63) is 70.5 Å². The van der Waals surface area contributed by atoms with Crippen molar-refractivity contribution in [1.82, 2.24) is 14.9 Å². The minimum Gasteiger partial charge on any atom is -0.550 e. The number of nitrogens with zero attached hydrogens (tertiary/aromatic N) is 4. The molecule has 7 nitrogen and oxygen atoms in total. The fraction of sp³-hybridized carbons (Fsp3) is 0.200. The van der Waals surface area contributed by atoms with Crippen LogP contribution in [-0.2, 0) is 11.4 Å². The van der Waals surface area contributed by atoms with E-state index in [9.17, 15) is 9.90 Å². The van der Waals surface area contributed by atoms with Crippen molar-refractivity contribution in [2.75, 3.05) is 0 Å². The molecule has 1 aromatic heterocycles. The quantitative estimate of drug-likeness (QED) is 0.600. The Morgan fingerprint density at radius 2 is 1.90 bits per heavy atom. The van der Waals surface area contributed by atoms with Gasteiger partial charge >= 0.3 is 0 Å². The lowest BCUT2D eigenvalue weighted by atomic mass is 10.0. The van der Waals surface area contributed by atoms with E-state index in [1.807, 2.05) is 31.2 Å². The summed E-state index contributed by atoms with van der Waals surface area (Å²) in [6.07, 6.45) is -0.166. The van der Waals surface area contributed by atoms with Crippen LogP contribution in [0.25, 0.3) is 0 Å². The number of carbonyl (C=O) groups excluding carboxylic acids is 1. The smallest absolute Gasteiger partial charge is 0.212 e. The molecule has 0 N–H and O–H groups in total. The van der Waals surface area contributed by atoms with Crippen molar-refractivity contribution in [3.63, 3.8) is 0 Å². The van der Waals surface area contributed by atoms with Crippen LogP contribution in [0.5, 0.6) is 5.75 Å². The van der Waals surface area contributed by atoms with Gasteiger partial charge in [0.05, 0.1) is 11.0 Å². The molecule has 29 heavy (non-hydrogen) atoms. The Morgan fingerprint density at radius 3 is 2.59 bits per heavy atom. The van der Waals surface area contributed by atoms with Crippen molar-refractivity contribution < 1.29 is 14.6 Å². The highest BCUT2D eigenvalue weighted by Gasteiger charge is 2.29. The van der Waals surface area contributed by atoms with Crippen molar-refractivity contribution in [2.45, 2.75) is 30.4 Å². The molecule has 0 saturated heterocycles. The number of hydrogen-bond acceptors (Lipinski definition) is 7. The normalized spacial score (nSPS) is 15.5. The van der Waals surface area contributed by atoms with E-state index in [2.05, 4.69) is 15.3 Å². The van der Waals surface area contributed by atoms with Crippen molar-refractivity contribution in [2.24, 2.45) is 5.10 Å². The molecule has 2 heterocycles. The lowest BCUT2D eigenvalue weighted by Gasteiger charge is -2.23. The zero-order valence-electron chi connectivity index (χ0n) is 15.4. The lowest BCUT2D eigenvalue weighted by molar-refractivity contribution is -0.305. The van der Waals surface area contributed by atoms with Crippen LogP contribution >= 0.6 is 23.4 Å². The molecular formula is C20H16ClN4O3S-. The number of thioether (sulfide) groups is 1. The van der Waals surface area contributed by atoms with E-state index in [0.29, 0.717) is 27.5 Å². The van der Waals surface area contributed by atoms with Gasteiger partial charge in [-0.15, -0.1) is 10.2 Å². The van der Waals surface area contributed by atoms with Gasteiger partial charge in [-0.3, -0.25) is 0 Å². The molecule has 0 bridgehead atoms. The molecule has 3 aromatic rings. The van der Waals surface area contributed by atoms with Crippen molar-refractivity contribution in [1.29, 1.82) is 0 Å². The Hall–Kier alpha value is -2.84. The second-order valence-electron chi connectivity index (χ2n) is 6.49. The fourth-order valence-electron chi connectivity index (χ4n) is 2.85. The van der Waals surface area contributed by atoms with Gasteiger partial charge in [0.1, 0.15) is 12.4 Å². The molecular weight excluding hydrogens is 412 g/mol. The highest BCUT2D eigenvalue weighted by Crippen LogP contribution is 2.32. The summed E-state index contributed by atoms with van der Waals surface area (Å²) in [6.45, 7) is 2.15. The van der Waals surface area contributed by atoms with Crippen LogP contribution in [0.4, 0.5) is 0 Å². The number of halogens is 1. The third-order valence-electron chi connectivity index (χ3n) is 4.32. The summed E-state index contributed by atoms with van der Waals surface area (Å²) in [5, 5.41) is 24.9. The zero-order valence-corrected chi connectivity index (χ0v) is 17.0. The number of carbonyl (C=O) groups is 1.